The van der Waals surface area contributed by atoms with Crippen LogP contribution in [0.1, 0.15) is 48.2 Å². The van der Waals surface area contributed by atoms with Gasteiger partial charge in [0.1, 0.15) is 11.6 Å². The zero-order valence-electron chi connectivity index (χ0n) is 19.9. The average molecular weight is 528 g/mol. The predicted molar refractivity (Wildman–Crippen MR) is 138 cm³/mol. The number of rotatable bonds is 6. The minimum absolute atomic E-state index is 0.00857. The van der Waals surface area contributed by atoms with Gasteiger partial charge in [0, 0.05) is 24.7 Å². The third kappa shape index (κ3) is 4.78. The van der Waals surface area contributed by atoms with Gasteiger partial charge in [-0.25, -0.2) is 17.8 Å². The number of halogens is 1. The molecule has 1 amide bonds. The second-order valence-corrected chi connectivity index (χ2v) is 12.0. The zero-order valence-corrected chi connectivity index (χ0v) is 21.6. The minimum atomic E-state index is -3.64. The van der Waals surface area contributed by atoms with Gasteiger partial charge in [-0.2, -0.15) is 14.1 Å². The molecule has 188 valence electrons. The van der Waals surface area contributed by atoms with Crippen LogP contribution in [0.4, 0.5) is 10.2 Å². The fourth-order valence-corrected chi connectivity index (χ4v) is 6.86. The van der Waals surface area contributed by atoms with E-state index < -0.39 is 15.9 Å². The number of nitrogens with zero attached hydrogens (tertiary/aromatic N) is 4. The lowest BCUT2D eigenvalue weighted by Gasteiger charge is -2.30. The number of hydrogen-bond donors (Lipinski definition) is 1. The molecular formula is C25H26FN5O3S2. The van der Waals surface area contributed by atoms with Crippen molar-refractivity contribution in [1.82, 2.24) is 19.1 Å². The van der Waals surface area contributed by atoms with Crippen molar-refractivity contribution in [3.05, 3.63) is 65.6 Å². The molecule has 1 fully saturated rings. The van der Waals surface area contributed by atoms with Gasteiger partial charge in [0.15, 0.2) is 0 Å². The zero-order chi connectivity index (χ0) is 25.4. The monoisotopic (exact) mass is 527 g/mol. The molecule has 0 saturated heterocycles. The van der Waals surface area contributed by atoms with Crippen molar-refractivity contribution in [3.8, 4) is 5.13 Å². The van der Waals surface area contributed by atoms with E-state index in [9.17, 15) is 17.6 Å². The van der Waals surface area contributed by atoms with E-state index in [1.807, 2.05) is 0 Å². The third-order valence-corrected chi connectivity index (χ3v) is 9.39. The van der Waals surface area contributed by atoms with Gasteiger partial charge in [-0.05, 0) is 62.2 Å². The summed E-state index contributed by atoms with van der Waals surface area (Å²) >= 11 is 1.26. The third-order valence-electron chi connectivity index (χ3n) is 6.48. The van der Waals surface area contributed by atoms with Crippen molar-refractivity contribution in [3.63, 3.8) is 0 Å². The summed E-state index contributed by atoms with van der Waals surface area (Å²) in [5, 5.41) is 7.75. The summed E-state index contributed by atoms with van der Waals surface area (Å²) in [4.78, 5) is 17.7. The first-order chi connectivity index (χ1) is 17.2. The lowest BCUT2D eigenvalue weighted by Crippen LogP contribution is -2.38. The Hall–Kier alpha value is -3.15. The van der Waals surface area contributed by atoms with Gasteiger partial charge in [0.05, 0.1) is 20.8 Å². The molecule has 0 spiro atoms. The summed E-state index contributed by atoms with van der Waals surface area (Å²) in [5.74, 6) is -0.350. The molecule has 1 aliphatic carbocycles. The Morgan fingerprint density at radius 1 is 1.11 bits per heavy atom. The fraction of sp³-hybridized carbons (Fsp3) is 0.320. The first-order valence-corrected chi connectivity index (χ1v) is 14.0. The van der Waals surface area contributed by atoms with Crippen molar-refractivity contribution >= 4 is 43.3 Å². The second-order valence-electron chi connectivity index (χ2n) is 8.98. The standard InChI is InChI=1S/C25H26FN5O3S2/c1-16-14-23(31(29-16)25-27-21-13-10-18(26)15-22(21)35-25)28-24(32)17-8-11-20(12-9-17)36(33,34)30(2)19-6-4-3-5-7-19/h8-15,19H,3-7H2,1-2H3,(H,28,32). The number of nitrogens with one attached hydrogen (secondary N) is 1. The van der Waals surface area contributed by atoms with Crippen LogP contribution < -0.4 is 5.32 Å². The molecule has 5 rings (SSSR count). The van der Waals surface area contributed by atoms with Gasteiger partial charge in [-0.1, -0.05) is 30.6 Å². The van der Waals surface area contributed by atoms with Crippen LogP contribution in [-0.2, 0) is 10.0 Å². The van der Waals surface area contributed by atoms with Crippen LogP contribution in [-0.4, -0.2) is 46.5 Å². The topological polar surface area (TPSA) is 97.2 Å². The van der Waals surface area contributed by atoms with Crippen molar-refractivity contribution in [1.29, 1.82) is 0 Å². The Kier molecular flexibility index (Phi) is 6.62. The van der Waals surface area contributed by atoms with E-state index in [0.29, 0.717) is 32.4 Å². The van der Waals surface area contributed by atoms with E-state index in [1.165, 1.54) is 56.7 Å². The van der Waals surface area contributed by atoms with Gasteiger partial charge >= 0.3 is 0 Å². The molecule has 0 unspecified atom stereocenters. The number of amides is 1. The maximum absolute atomic E-state index is 13.6. The maximum Gasteiger partial charge on any atom is 0.256 e. The number of anilines is 1. The van der Waals surface area contributed by atoms with Gasteiger partial charge in [-0.15, -0.1) is 0 Å². The highest BCUT2D eigenvalue weighted by Gasteiger charge is 2.29. The molecule has 1 saturated carbocycles. The lowest BCUT2D eigenvalue weighted by atomic mass is 9.96. The Morgan fingerprint density at radius 3 is 2.56 bits per heavy atom. The SMILES string of the molecule is Cc1cc(NC(=O)c2ccc(S(=O)(=O)N(C)C3CCCCC3)cc2)n(-c2nc3ccc(F)cc3s2)n1. The average Bonchev–Trinajstić information content (AvgIpc) is 3.46. The van der Waals surface area contributed by atoms with E-state index in [-0.39, 0.29) is 16.8 Å². The summed E-state index contributed by atoms with van der Waals surface area (Å²) in [5.41, 5.74) is 1.62. The highest BCUT2D eigenvalue weighted by Crippen LogP contribution is 2.29. The van der Waals surface area contributed by atoms with E-state index in [4.69, 9.17) is 0 Å². The fourth-order valence-electron chi connectivity index (χ4n) is 4.49. The summed E-state index contributed by atoms with van der Waals surface area (Å²) < 4.78 is 43.4. The summed E-state index contributed by atoms with van der Waals surface area (Å²) in [6.07, 6.45) is 4.95. The summed E-state index contributed by atoms with van der Waals surface area (Å²) in [6.45, 7) is 1.79. The van der Waals surface area contributed by atoms with E-state index in [2.05, 4.69) is 15.4 Å². The van der Waals surface area contributed by atoms with E-state index >= 15 is 0 Å². The number of aryl methyl sites for hydroxylation is 1. The number of aromatic nitrogens is 3. The van der Waals surface area contributed by atoms with Gasteiger partial charge < -0.3 is 5.32 Å². The smallest absolute Gasteiger partial charge is 0.256 e. The van der Waals surface area contributed by atoms with Crippen LogP contribution in [0.15, 0.2) is 53.4 Å². The molecule has 0 aliphatic heterocycles. The first-order valence-electron chi connectivity index (χ1n) is 11.7. The number of sulfonamides is 1. The molecule has 0 bridgehead atoms. The summed E-state index contributed by atoms with van der Waals surface area (Å²) in [6, 6.07) is 12.0. The maximum atomic E-state index is 13.6. The van der Waals surface area contributed by atoms with Crippen LogP contribution in [0.3, 0.4) is 0 Å². The molecule has 2 heterocycles. The molecule has 0 radical (unpaired) electrons. The molecule has 11 heteroatoms. The van der Waals surface area contributed by atoms with Gasteiger partial charge in [0.2, 0.25) is 15.2 Å². The van der Waals surface area contributed by atoms with Crippen LogP contribution in [0, 0.1) is 12.7 Å². The first kappa shape index (κ1) is 24.5. The molecule has 8 nitrogen and oxygen atoms in total. The highest BCUT2D eigenvalue weighted by molar-refractivity contribution is 7.89. The lowest BCUT2D eigenvalue weighted by molar-refractivity contribution is 0.102. The Balaban J connectivity index is 1.35. The second kappa shape index (κ2) is 9.72. The molecule has 2 aromatic carbocycles. The quantitative estimate of drug-likeness (QED) is 0.375. The Bertz CT molecular complexity index is 1520. The molecule has 1 aliphatic rings. The van der Waals surface area contributed by atoms with E-state index in [1.54, 1.807) is 26.1 Å². The molecule has 2 aromatic heterocycles. The molecule has 36 heavy (non-hydrogen) atoms. The number of fused-ring (bicyclic) bond motifs is 1. The van der Waals surface area contributed by atoms with Crippen molar-refractivity contribution in [2.45, 2.75) is 50.0 Å². The molecule has 4 aromatic rings. The number of hydrogen-bond acceptors (Lipinski definition) is 6. The van der Waals surface area contributed by atoms with Crippen molar-refractivity contribution < 1.29 is 17.6 Å². The van der Waals surface area contributed by atoms with E-state index in [0.717, 1.165) is 32.1 Å². The molecule has 1 N–H and O–H groups in total. The van der Waals surface area contributed by atoms with Crippen LogP contribution in [0.25, 0.3) is 15.3 Å². The molecule has 0 atom stereocenters. The largest absolute Gasteiger partial charge is 0.306 e. The number of benzene rings is 2. The Labute approximate surface area is 212 Å². The van der Waals surface area contributed by atoms with Crippen molar-refractivity contribution in [2.24, 2.45) is 0 Å². The predicted octanol–water partition coefficient (Wildman–Crippen LogP) is 5.14. The normalized spacial score (nSPS) is 15.0. The number of thiazole rings is 1. The summed E-state index contributed by atoms with van der Waals surface area (Å²) in [7, 11) is -2.01. The van der Waals surface area contributed by atoms with Crippen molar-refractivity contribution in [2.75, 3.05) is 12.4 Å². The minimum Gasteiger partial charge on any atom is -0.306 e. The van der Waals surface area contributed by atoms with Gasteiger partial charge in [-0.3, -0.25) is 4.79 Å². The number of carbonyl (C=O) groups is 1. The van der Waals surface area contributed by atoms with Crippen LogP contribution >= 0.6 is 11.3 Å². The molecular weight excluding hydrogens is 501 g/mol. The van der Waals surface area contributed by atoms with Gasteiger partial charge in [0.25, 0.3) is 5.91 Å². The van der Waals surface area contributed by atoms with Crippen LogP contribution in [0.2, 0.25) is 0 Å². The highest BCUT2D eigenvalue weighted by atomic mass is 32.2. The van der Waals surface area contributed by atoms with Crippen LogP contribution in [0.5, 0.6) is 0 Å². The number of carbonyl (C=O) groups excluding carboxylic acids is 1. The Morgan fingerprint density at radius 2 is 1.83 bits per heavy atom.